The van der Waals surface area contributed by atoms with Crippen LogP contribution in [0.25, 0.3) is 0 Å². The van der Waals surface area contributed by atoms with Gasteiger partial charge < -0.3 is 4.74 Å². The molecular weight excluding hydrogens is 124 g/mol. The number of hydrogen-bond donors (Lipinski definition) is 0. The van der Waals surface area contributed by atoms with Gasteiger partial charge in [0.2, 0.25) is 0 Å². The van der Waals surface area contributed by atoms with Crippen LogP contribution in [0.4, 0.5) is 0 Å². The minimum absolute atomic E-state index is 1.01. The van der Waals surface area contributed by atoms with Crippen molar-refractivity contribution in [2.45, 2.75) is 25.7 Å². The van der Waals surface area contributed by atoms with E-state index in [4.69, 9.17) is 4.74 Å². The van der Waals surface area contributed by atoms with Crippen molar-refractivity contribution in [3.63, 3.8) is 0 Å². The molecular formula is C9H14O. The number of ether oxygens (including phenoxy) is 1. The van der Waals surface area contributed by atoms with E-state index in [0.717, 1.165) is 12.2 Å². The lowest BCUT2D eigenvalue weighted by Gasteiger charge is -2.03. The third-order valence-corrected chi connectivity index (χ3v) is 1.69. The van der Waals surface area contributed by atoms with E-state index in [-0.39, 0.29) is 0 Å². The predicted molar refractivity (Wildman–Crippen MR) is 42.7 cm³/mol. The van der Waals surface area contributed by atoms with Gasteiger partial charge in [0.1, 0.15) is 5.76 Å². The second kappa shape index (κ2) is 4.15. The van der Waals surface area contributed by atoms with Crippen LogP contribution in [0.15, 0.2) is 24.0 Å². The zero-order valence-electron chi connectivity index (χ0n) is 6.47. The molecule has 0 atom stereocenters. The molecule has 1 rings (SSSR count). The Hall–Kier alpha value is -0.720. The zero-order chi connectivity index (χ0) is 7.23. The summed E-state index contributed by atoms with van der Waals surface area (Å²) in [6.07, 6.45) is 11.3. The molecule has 0 N–H and O–H groups in total. The van der Waals surface area contributed by atoms with Crippen LogP contribution in [-0.2, 0) is 4.74 Å². The Bertz CT molecular complexity index is 145. The minimum Gasteiger partial charge on any atom is -0.497 e. The van der Waals surface area contributed by atoms with Crippen LogP contribution in [-0.4, -0.2) is 7.11 Å². The second-order valence-electron chi connectivity index (χ2n) is 2.50. The molecule has 0 aromatic rings. The van der Waals surface area contributed by atoms with E-state index < -0.39 is 0 Å². The van der Waals surface area contributed by atoms with E-state index in [1.165, 1.54) is 19.3 Å². The van der Waals surface area contributed by atoms with Crippen molar-refractivity contribution in [2.75, 3.05) is 7.11 Å². The van der Waals surface area contributed by atoms with Gasteiger partial charge in [-0.3, -0.25) is 0 Å². The van der Waals surface area contributed by atoms with Gasteiger partial charge in [0, 0.05) is 0 Å². The Morgan fingerprint density at radius 3 is 2.90 bits per heavy atom. The Kier molecular flexibility index (Phi) is 3.07. The maximum Gasteiger partial charge on any atom is 0.114 e. The van der Waals surface area contributed by atoms with Crippen molar-refractivity contribution in [1.82, 2.24) is 0 Å². The number of methoxy groups -OCH3 is 1. The standard InChI is InChI=1S/C9H14O/c1-10-9-7-5-3-2-4-6-8-9/h5,7-8H,2-4,6H2,1H3. The average Bonchev–Trinajstić information content (AvgIpc) is 1.87. The highest BCUT2D eigenvalue weighted by Gasteiger charge is 1.93. The maximum absolute atomic E-state index is 5.10. The molecule has 0 amide bonds. The van der Waals surface area contributed by atoms with Crippen molar-refractivity contribution in [2.24, 2.45) is 0 Å². The zero-order valence-corrected chi connectivity index (χ0v) is 6.47. The molecule has 0 heterocycles. The van der Waals surface area contributed by atoms with Crippen molar-refractivity contribution < 1.29 is 4.74 Å². The highest BCUT2D eigenvalue weighted by Crippen LogP contribution is 2.10. The summed E-state index contributed by atoms with van der Waals surface area (Å²) in [5.74, 6) is 1.01. The quantitative estimate of drug-likeness (QED) is 0.541. The van der Waals surface area contributed by atoms with Crippen LogP contribution in [0, 0.1) is 0 Å². The monoisotopic (exact) mass is 138 g/mol. The summed E-state index contributed by atoms with van der Waals surface area (Å²) in [5, 5.41) is 0. The molecule has 0 bridgehead atoms. The van der Waals surface area contributed by atoms with Crippen LogP contribution >= 0.6 is 0 Å². The third kappa shape index (κ3) is 2.26. The lowest BCUT2D eigenvalue weighted by atomic mass is 10.1. The first-order valence-corrected chi connectivity index (χ1v) is 3.84. The average molecular weight is 138 g/mol. The normalized spacial score (nSPS) is 19.1. The predicted octanol–water partition coefficient (Wildman–Crippen LogP) is 2.65. The van der Waals surface area contributed by atoms with E-state index in [0.29, 0.717) is 0 Å². The Morgan fingerprint density at radius 2 is 2.10 bits per heavy atom. The SMILES string of the molecule is COC1=CCCCCC=C1. The number of allylic oxidation sites excluding steroid dienone is 3. The first-order valence-electron chi connectivity index (χ1n) is 3.84. The van der Waals surface area contributed by atoms with E-state index in [1.807, 2.05) is 0 Å². The van der Waals surface area contributed by atoms with Crippen LogP contribution in [0.3, 0.4) is 0 Å². The summed E-state index contributed by atoms with van der Waals surface area (Å²) < 4.78 is 5.10. The van der Waals surface area contributed by atoms with Crippen LogP contribution in [0.1, 0.15) is 25.7 Å². The highest BCUT2D eigenvalue weighted by molar-refractivity contribution is 5.12. The molecule has 1 nitrogen and oxygen atoms in total. The van der Waals surface area contributed by atoms with Gasteiger partial charge in [-0.2, -0.15) is 0 Å². The number of hydrogen-bond acceptors (Lipinski definition) is 1. The molecule has 56 valence electrons. The highest BCUT2D eigenvalue weighted by atomic mass is 16.5. The molecule has 1 heteroatoms. The van der Waals surface area contributed by atoms with Crippen molar-refractivity contribution in [3.05, 3.63) is 24.0 Å². The van der Waals surface area contributed by atoms with Gasteiger partial charge in [-0.05, 0) is 37.8 Å². The Balaban J connectivity index is 2.50. The largest absolute Gasteiger partial charge is 0.497 e. The van der Waals surface area contributed by atoms with E-state index in [2.05, 4.69) is 18.2 Å². The maximum atomic E-state index is 5.10. The molecule has 0 aromatic carbocycles. The van der Waals surface area contributed by atoms with Gasteiger partial charge in [-0.1, -0.05) is 6.08 Å². The fourth-order valence-corrected chi connectivity index (χ4v) is 1.07. The molecule has 0 spiro atoms. The van der Waals surface area contributed by atoms with Crippen molar-refractivity contribution in [1.29, 1.82) is 0 Å². The molecule has 0 fully saturated rings. The lowest BCUT2D eigenvalue weighted by molar-refractivity contribution is 0.304. The van der Waals surface area contributed by atoms with E-state index in [1.54, 1.807) is 7.11 Å². The Morgan fingerprint density at radius 1 is 1.30 bits per heavy atom. The summed E-state index contributed by atoms with van der Waals surface area (Å²) in [4.78, 5) is 0. The number of rotatable bonds is 1. The van der Waals surface area contributed by atoms with Crippen LogP contribution in [0.5, 0.6) is 0 Å². The van der Waals surface area contributed by atoms with Gasteiger partial charge in [-0.15, -0.1) is 0 Å². The molecule has 0 aliphatic heterocycles. The topological polar surface area (TPSA) is 9.23 Å². The first kappa shape index (κ1) is 7.39. The lowest BCUT2D eigenvalue weighted by Crippen LogP contribution is -1.85. The Labute approximate surface area is 62.4 Å². The fourth-order valence-electron chi connectivity index (χ4n) is 1.07. The van der Waals surface area contributed by atoms with Crippen molar-refractivity contribution >= 4 is 0 Å². The summed E-state index contributed by atoms with van der Waals surface area (Å²) >= 11 is 0. The van der Waals surface area contributed by atoms with Gasteiger partial charge in [0.15, 0.2) is 0 Å². The van der Waals surface area contributed by atoms with Crippen molar-refractivity contribution in [3.8, 4) is 0 Å². The molecule has 10 heavy (non-hydrogen) atoms. The van der Waals surface area contributed by atoms with Gasteiger partial charge >= 0.3 is 0 Å². The summed E-state index contributed by atoms with van der Waals surface area (Å²) in [5.41, 5.74) is 0. The second-order valence-corrected chi connectivity index (χ2v) is 2.50. The molecule has 0 saturated heterocycles. The minimum atomic E-state index is 1.01. The van der Waals surface area contributed by atoms with E-state index in [9.17, 15) is 0 Å². The van der Waals surface area contributed by atoms with Crippen LogP contribution < -0.4 is 0 Å². The van der Waals surface area contributed by atoms with Gasteiger partial charge in [0.05, 0.1) is 7.11 Å². The summed E-state index contributed by atoms with van der Waals surface area (Å²) in [6, 6.07) is 0. The fraction of sp³-hybridized carbons (Fsp3) is 0.556. The smallest absolute Gasteiger partial charge is 0.114 e. The van der Waals surface area contributed by atoms with Crippen LogP contribution in [0.2, 0.25) is 0 Å². The molecule has 1 aliphatic rings. The summed E-state index contributed by atoms with van der Waals surface area (Å²) in [6.45, 7) is 0. The summed E-state index contributed by atoms with van der Waals surface area (Å²) in [7, 11) is 1.72. The molecule has 0 unspecified atom stereocenters. The third-order valence-electron chi connectivity index (χ3n) is 1.69. The van der Waals surface area contributed by atoms with Gasteiger partial charge in [0.25, 0.3) is 0 Å². The molecule has 0 radical (unpaired) electrons. The first-order chi connectivity index (χ1) is 4.93. The molecule has 1 aliphatic carbocycles. The van der Waals surface area contributed by atoms with E-state index >= 15 is 0 Å². The molecule has 0 saturated carbocycles. The molecule has 0 aromatic heterocycles. The van der Waals surface area contributed by atoms with Gasteiger partial charge in [-0.25, -0.2) is 0 Å².